The van der Waals surface area contributed by atoms with Gasteiger partial charge in [-0.25, -0.2) is 0 Å². The van der Waals surface area contributed by atoms with Crippen molar-refractivity contribution in [3.63, 3.8) is 0 Å². The van der Waals surface area contributed by atoms with E-state index in [1.165, 1.54) is 88.6 Å². The zero-order chi connectivity index (χ0) is 51.5. The molecule has 0 aliphatic heterocycles. The lowest BCUT2D eigenvalue weighted by atomic mass is 9.67. The Kier molecular flexibility index (Phi) is 11.2. The third kappa shape index (κ3) is 7.80. The van der Waals surface area contributed by atoms with Gasteiger partial charge in [-0.15, -0.1) is 0 Å². The molecule has 0 bridgehead atoms. The summed E-state index contributed by atoms with van der Waals surface area (Å²) in [6, 6.07) is 108. The number of hydrogen-bond donors (Lipinski definition) is 0. The predicted molar refractivity (Wildman–Crippen MR) is 324 cm³/mol. The first-order valence-electron chi connectivity index (χ1n) is 26.7. The van der Waals surface area contributed by atoms with Crippen LogP contribution >= 0.6 is 0 Å². The summed E-state index contributed by atoms with van der Waals surface area (Å²) >= 11 is 0. The van der Waals surface area contributed by atoms with Gasteiger partial charge in [0.25, 0.3) is 0 Å². The van der Waals surface area contributed by atoms with E-state index in [-0.39, 0.29) is 0 Å². The Morgan fingerprint density at radius 3 is 1.30 bits per heavy atom. The molecule has 0 saturated heterocycles. The fraction of sp³-hybridized carbons (Fsp3) is 0.0400. The summed E-state index contributed by atoms with van der Waals surface area (Å²) in [6.45, 7) is 4.35. The van der Waals surface area contributed by atoms with Crippen molar-refractivity contribution in [1.82, 2.24) is 4.57 Å². The largest absolute Gasteiger partial charge is 0.310 e. The highest BCUT2D eigenvalue weighted by Crippen LogP contribution is 2.57. The number of nitrogens with zero attached hydrogens (tertiary/aromatic N) is 2. The Hall–Kier alpha value is -9.76. The monoisotopic (exact) mass is 982 g/mol. The van der Waals surface area contributed by atoms with E-state index in [2.05, 4.69) is 315 Å². The molecule has 0 atom stereocenters. The fourth-order valence-corrected chi connectivity index (χ4v) is 12.4. The van der Waals surface area contributed by atoms with E-state index in [1.54, 1.807) is 0 Å². The van der Waals surface area contributed by atoms with Gasteiger partial charge in [-0.05, 0) is 153 Å². The first kappa shape index (κ1) is 45.8. The number of aryl methyl sites for hydroxylation is 2. The van der Waals surface area contributed by atoms with Crippen LogP contribution in [0.4, 0.5) is 17.1 Å². The van der Waals surface area contributed by atoms with Crippen LogP contribution in [0, 0.1) is 13.8 Å². The third-order valence-electron chi connectivity index (χ3n) is 16.0. The van der Waals surface area contributed by atoms with Crippen molar-refractivity contribution in [1.29, 1.82) is 0 Å². The molecule has 0 saturated carbocycles. The van der Waals surface area contributed by atoms with Crippen LogP contribution in [0.25, 0.3) is 83.1 Å². The zero-order valence-corrected chi connectivity index (χ0v) is 43.1. The first-order chi connectivity index (χ1) is 38.0. The van der Waals surface area contributed by atoms with Gasteiger partial charge in [-0.1, -0.05) is 236 Å². The maximum Gasteiger partial charge on any atom is 0.0714 e. The molecule has 2 heteroatoms. The van der Waals surface area contributed by atoms with E-state index in [4.69, 9.17) is 0 Å². The standard InChI is InChI=1S/C75H54N2/c1-51-27-45-72-68(47-51)69-48-52(2)28-46-73(69)77(72)63-40-35-57(36-41-63)55-31-29-54(30-32-55)56-33-38-62(39-34-56)76(74-49-59(53-17-7-3-8-18-53)37-43-65(74)58-19-9-4-10-20-58)64-42-44-67-66-25-15-16-26-70(66)75(71(67)50-64,60-21-11-5-12-22-60)61-23-13-6-14-24-61/h3-50H,1-2H3. The van der Waals surface area contributed by atoms with Gasteiger partial charge in [-0.2, -0.15) is 0 Å². The number of hydrogen-bond acceptors (Lipinski definition) is 1. The minimum atomic E-state index is -0.548. The lowest BCUT2D eigenvalue weighted by molar-refractivity contribution is 0.768. The molecule has 1 aliphatic rings. The summed E-state index contributed by atoms with van der Waals surface area (Å²) in [7, 11) is 0. The molecule has 0 unspecified atom stereocenters. The van der Waals surface area contributed by atoms with Crippen molar-refractivity contribution in [3.8, 4) is 61.3 Å². The molecule has 0 N–H and O–H groups in total. The summed E-state index contributed by atoms with van der Waals surface area (Å²) < 4.78 is 2.40. The third-order valence-corrected chi connectivity index (χ3v) is 16.0. The average Bonchev–Trinajstić information content (AvgIpc) is 4.23. The van der Waals surface area contributed by atoms with Gasteiger partial charge in [0.1, 0.15) is 0 Å². The second kappa shape index (κ2) is 18.9. The Morgan fingerprint density at radius 2 is 0.727 bits per heavy atom. The van der Waals surface area contributed by atoms with Crippen molar-refractivity contribution in [2.24, 2.45) is 0 Å². The van der Waals surface area contributed by atoms with Crippen molar-refractivity contribution in [2.45, 2.75) is 19.3 Å². The van der Waals surface area contributed by atoms with Crippen LogP contribution in [0.3, 0.4) is 0 Å². The maximum atomic E-state index is 2.48. The van der Waals surface area contributed by atoms with Gasteiger partial charge in [0, 0.05) is 33.4 Å². The lowest BCUT2D eigenvalue weighted by Crippen LogP contribution is -2.28. The van der Waals surface area contributed by atoms with Crippen molar-refractivity contribution >= 4 is 38.9 Å². The van der Waals surface area contributed by atoms with Crippen LogP contribution in [0.1, 0.15) is 33.4 Å². The van der Waals surface area contributed by atoms with Crippen molar-refractivity contribution in [3.05, 3.63) is 325 Å². The summed E-state index contributed by atoms with van der Waals surface area (Å²) in [5.74, 6) is 0. The molecule has 0 amide bonds. The topological polar surface area (TPSA) is 8.17 Å². The van der Waals surface area contributed by atoms with Gasteiger partial charge >= 0.3 is 0 Å². The minimum Gasteiger partial charge on any atom is -0.310 e. The van der Waals surface area contributed by atoms with E-state index in [0.29, 0.717) is 0 Å². The molecule has 13 aromatic rings. The Balaban J connectivity index is 0.878. The Bertz CT molecular complexity index is 4190. The molecule has 12 aromatic carbocycles. The van der Waals surface area contributed by atoms with Crippen LogP contribution in [-0.4, -0.2) is 4.57 Å². The van der Waals surface area contributed by atoms with Crippen LogP contribution in [0.5, 0.6) is 0 Å². The highest BCUT2D eigenvalue weighted by Gasteiger charge is 2.46. The molecular formula is C75H54N2. The fourth-order valence-electron chi connectivity index (χ4n) is 12.4. The predicted octanol–water partition coefficient (Wildman–Crippen LogP) is 19.9. The second-order valence-electron chi connectivity index (χ2n) is 20.6. The van der Waals surface area contributed by atoms with E-state index in [9.17, 15) is 0 Å². The quantitative estimate of drug-likeness (QED) is 0.133. The van der Waals surface area contributed by atoms with Crippen LogP contribution < -0.4 is 4.90 Å². The molecule has 364 valence electrons. The molecule has 1 aliphatic carbocycles. The SMILES string of the molecule is Cc1ccc2c(c1)c1cc(C)ccc1n2-c1ccc(-c2ccc(-c3ccc(N(c4ccc5c(c4)C(c4ccccc4)(c4ccccc4)c4ccccc4-5)c4cc(-c5ccccc5)ccc4-c4ccccc4)cc3)cc2)cc1. The molecule has 1 heterocycles. The number of rotatable bonds is 10. The molecule has 0 fully saturated rings. The van der Waals surface area contributed by atoms with Crippen molar-refractivity contribution in [2.75, 3.05) is 4.90 Å². The average molecular weight is 983 g/mol. The number of aromatic nitrogens is 1. The van der Waals surface area contributed by atoms with E-state index in [0.717, 1.165) is 45.0 Å². The van der Waals surface area contributed by atoms with Crippen LogP contribution in [-0.2, 0) is 5.41 Å². The second-order valence-corrected chi connectivity index (χ2v) is 20.6. The molecule has 1 aromatic heterocycles. The molecule has 0 spiro atoms. The highest BCUT2D eigenvalue weighted by atomic mass is 15.1. The van der Waals surface area contributed by atoms with Gasteiger partial charge in [0.2, 0.25) is 0 Å². The highest BCUT2D eigenvalue weighted by molar-refractivity contribution is 6.10. The van der Waals surface area contributed by atoms with Gasteiger partial charge in [0.05, 0.1) is 22.1 Å². The Labute approximate surface area is 451 Å². The van der Waals surface area contributed by atoms with E-state index >= 15 is 0 Å². The number of benzene rings is 12. The number of fused-ring (bicyclic) bond motifs is 6. The summed E-state index contributed by atoms with van der Waals surface area (Å²) in [5.41, 5.74) is 25.8. The molecular weight excluding hydrogens is 929 g/mol. The Morgan fingerprint density at radius 1 is 0.299 bits per heavy atom. The van der Waals surface area contributed by atoms with Crippen LogP contribution in [0.15, 0.2) is 291 Å². The normalized spacial score (nSPS) is 12.4. The lowest BCUT2D eigenvalue weighted by Gasteiger charge is -2.35. The first-order valence-corrected chi connectivity index (χ1v) is 26.7. The van der Waals surface area contributed by atoms with Crippen molar-refractivity contribution < 1.29 is 0 Å². The van der Waals surface area contributed by atoms with Gasteiger partial charge in [0.15, 0.2) is 0 Å². The molecule has 0 radical (unpaired) electrons. The summed E-state index contributed by atoms with van der Waals surface area (Å²) in [6.07, 6.45) is 0. The molecule has 77 heavy (non-hydrogen) atoms. The smallest absolute Gasteiger partial charge is 0.0714 e. The number of anilines is 3. The summed E-state index contributed by atoms with van der Waals surface area (Å²) in [4.78, 5) is 2.48. The van der Waals surface area contributed by atoms with Gasteiger partial charge in [-0.3, -0.25) is 0 Å². The van der Waals surface area contributed by atoms with E-state index in [1.807, 2.05) is 0 Å². The maximum absolute atomic E-state index is 2.48. The van der Waals surface area contributed by atoms with Crippen LogP contribution in [0.2, 0.25) is 0 Å². The van der Waals surface area contributed by atoms with E-state index < -0.39 is 5.41 Å². The summed E-state index contributed by atoms with van der Waals surface area (Å²) in [5, 5.41) is 2.59. The molecule has 2 nitrogen and oxygen atoms in total. The zero-order valence-electron chi connectivity index (χ0n) is 43.1. The molecule has 14 rings (SSSR count). The minimum absolute atomic E-state index is 0.548. The van der Waals surface area contributed by atoms with Gasteiger partial charge < -0.3 is 9.47 Å².